The molecule has 1 heterocycles. The number of aliphatic hydroxyl groups is 1. The number of aliphatic hydroxyl groups excluding tert-OH is 1. The first-order chi connectivity index (χ1) is 11.0. The highest BCUT2D eigenvalue weighted by molar-refractivity contribution is 5.74. The Labute approximate surface area is 135 Å². The maximum Gasteiger partial charge on any atom is 0.315 e. The van der Waals surface area contributed by atoms with Crippen molar-refractivity contribution < 1.29 is 14.4 Å². The number of hydrogen-bond donors (Lipinski definition) is 3. The second-order valence-electron chi connectivity index (χ2n) is 5.67. The second kappa shape index (κ2) is 7.78. The number of carbonyl (C=O) groups is 1. The Balaban J connectivity index is 1.91. The van der Waals surface area contributed by atoms with Gasteiger partial charge in [0.05, 0.1) is 18.3 Å². The van der Waals surface area contributed by atoms with Crippen LogP contribution in [0.15, 0.2) is 34.9 Å². The molecule has 1 aromatic heterocycles. The Morgan fingerprint density at radius 3 is 2.52 bits per heavy atom. The van der Waals surface area contributed by atoms with E-state index >= 15 is 0 Å². The summed E-state index contributed by atoms with van der Waals surface area (Å²) in [5.74, 6) is 0.772. The standard InChI is InChI=1S/C17H23N3O3/c1-11(9-15-12(2)20-23-13(15)3)18-17(22)19-16(10-21)14-7-5-4-6-8-14/h4-8,11,16,21H,9-10H2,1-3H3,(H2,18,19,22). The molecule has 2 amide bonds. The van der Waals surface area contributed by atoms with Crippen molar-refractivity contribution in [1.29, 1.82) is 0 Å². The van der Waals surface area contributed by atoms with E-state index in [2.05, 4.69) is 15.8 Å². The molecule has 0 saturated heterocycles. The van der Waals surface area contributed by atoms with Crippen molar-refractivity contribution in [2.24, 2.45) is 0 Å². The molecule has 0 fully saturated rings. The third kappa shape index (κ3) is 4.56. The van der Waals surface area contributed by atoms with Crippen LogP contribution in [0.3, 0.4) is 0 Å². The van der Waals surface area contributed by atoms with Gasteiger partial charge in [0.1, 0.15) is 5.76 Å². The van der Waals surface area contributed by atoms with E-state index in [1.54, 1.807) is 0 Å². The number of amides is 2. The molecule has 3 N–H and O–H groups in total. The van der Waals surface area contributed by atoms with Gasteiger partial charge < -0.3 is 20.3 Å². The molecule has 0 aliphatic heterocycles. The molecule has 23 heavy (non-hydrogen) atoms. The molecule has 0 aliphatic rings. The Bertz CT molecular complexity index is 620. The van der Waals surface area contributed by atoms with Crippen LogP contribution in [0, 0.1) is 13.8 Å². The zero-order valence-electron chi connectivity index (χ0n) is 13.7. The molecule has 6 heteroatoms. The highest BCUT2D eigenvalue weighted by Gasteiger charge is 2.17. The third-order valence-corrected chi connectivity index (χ3v) is 3.76. The predicted octanol–water partition coefficient (Wildman–Crippen LogP) is 2.26. The number of rotatable bonds is 6. The van der Waals surface area contributed by atoms with E-state index in [4.69, 9.17) is 4.52 Å². The Hall–Kier alpha value is -2.34. The molecule has 0 spiro atoms. The molecule has 2 aromatic rings. The average molecular weight is 317 g/mol. The number of hydrogen-bond acceptors (Lipinski definition) is 4. The lowest BCUT2D eigenvalue weighted by Crippen LogP contribution is -2.44. The van der Waals surface area contributed by atoms with Crippen molar-refractivity contribution in [3.05, 3.63) is 52.9 Å². The van der Waals surface area contributed by atoms with E-state index in [-0.39, 0.29) is 18.7 Å². The van der Waals surface area contributed by atoms with Crippen LogP contribution in [0.2, 0.25) is 0 Å². The summed E-state index contributed by atoms with van der Waals surface area (Å²) in [6.45, 7) is 5.51. The van der Waals surface area contributed by atoms with Crippen LogP contribution >= 0.6 is 0 Å². The normalized spacial score (nSPS) is 13.4. The number of urea groups is 1. The highest BCUT2D eigenvalue weighted by atomic mass is 16.5. The molecule has 2 rings (SSSR count). The van der Waals surface area contributed by atoms with Gasteiger partial charge in [-0.3, -0.25) is 0 Å². The van der Waals surface area contributed by atoms with Gasteiger partial charge in [-0.05, 0) is 32.8 Å². The summed E-state index contributed by atoms with van der Waals surface area (Å²) in [4.78, 5) is 12.1. The maximum atomic E-state index is 12.1. The summed E-state index contributed by atoms with van der Waals surface area (Å²) in [5, 5.41) is 19.1. The van der Waals surface area contributed by atoms with Crippen molar-refractivity contribution in [1.82, 2.24) is 15.8 Å². The summed E-state index contributed by atoms with van der Waals surface area (Å²) >= 11 is 0. The van der Waals surface area contributed by atoms with Gasteiger partial charge in [0.15, 0.2) is 0 Å². The van der Waals surface area contributed by atoms with E-state index < -0.39 is 6.04 Å². The van der Waals surface area contributed by atoms with Crippen molar-refractivity contribution in [2.45, 2.75) is 39.3 Å². The zero-order valence-corrected chi connectivity index (χ0v) is 13.7. The Morgan fingerprint density at radius 1 is 1.26 bits per heavy atom. The Kier molecular flexibility index (Phi) is 5.76. The lowest BCUT2D eigenvalue weighted by Gasteiger charge is -2.20. The number of carbonyl (C=O) groups excluding carboxylic acids is 1. The van der Waals surface area contributed by atoms with Crippen LogP contribution in [0.5, 0.6) is 0 Å². The lowest BCUT2D eigenvalue weighted by atomic mass is 10.1. The van der Waals surface area contributed by atoms with Crippen LogP contribution in [-0.2, 0) is 6.42 Å². The van der Waals surface area contributed by atoms with Gasteiger partial charge in [0.25, 0.3) is 0 Å². The van der Waals surface area contributed by atoms with Crippen molar-refractivity contribution in [3.8, 4) is 0 Å². The molecule has 2 atom stereocenters. The van der Waals surface area contributed by atoms with E-state index in [9.17, 15) is 9.90 Å². The van der Waals surface area contributed by atoms with Crippen molar-refractivity contribution >= 4 is 6.03 Å². The number of aryl methyl sites for hydroxylation is 2. The van der Waals surface area contributed by atoms with Gasteiger partial charge in [-0.15, -0.1) is 0 Å². The molecule has 0 aliphatic carbocycles. The van der Waals surface area contributed by atoms with Gasteiger partial charge in [0.2, 0.25) is 0 Å². The van der Waals surface area contributed by atoms with Gasteiger partial charge in [-0.25, -0.2) is 4.79 Å². The van der Waals surface area contributed by atoms with Gasteiger partial charge in [-0.2, -0.15) is 0 Å². The van der Waals surface area contributed by atoms with Gasteiger partial charge in [0, 0.05) is 11.6 Å². The summed E-state index contributed by atoms with van der Waals surface area (Å²) in [6, 6.07) is 8.55. The molecule has 1 aromatic carbocycles. The first-order valence-corrected chi connectivity index (χ1v) is 7.65. The second-order valence-corrected chi connectivity index (χ2v) is 5.67. The van der Waals surface area contributed by atoms with E-state index in [1.807, 2.05) is 51.1 Å². The lowest BCUT2D eigenvalue weighted by molar-refractivity contribution is 0.214. The number of nitrogens with one attached hydrogen (secondary N) is 2. The van der Waals surface area contributed by atoms with Gasteiger partial charge >= 0.3 is 6.03 Å². The predicted molar refractivity (Wildman–Crippen MR) is 87.1 cm³/mol. The van der Waals surface area contributed by atoms with Crippen molar-refractivity contribution in [2.75, 3.05) is 6.61 Å². The minimum Gasteiger partial charge on any atom is -0.394 e. The fourth-order valence-electron chi connectivity index (χ4n) is 2.49. The Morgan fingerprint density at radius 2 is 1.96 bits per heavy atom. The molecular formula is C17H23N3O3. The molecule has 6 nitrogen and oxygen atoms in total. The molecule has 2 unspecified atom stereocenters. The monoisotopic (exact) mass is 317 g/mol. The number of nitrogens with zero attached hydrogens (tertiary/aromatic N) is 1. The van der Waals surface area contributed by atoms with Crippen LogP contribution in [0.4, 0.5) is 4.79 Å². The minimum absolute atomic E-state index is 0.0816. The van der Waals surface area contributed by atoms with Gasteiger partial charge in [-0.1, -0.05) is 35.5 Å². The van der Waals surface area contributed by atoms with Crippen LogP contribution in [0.25, 0.3) is 0 Å². The average Bonchev–Trinajstić information content (AvgIpc) is 2.85. The molecule has 0 bridgehead atoms. The third-order valence-electron chi connectivity index (χ3n) is 3.76. The largest absolute Gasteiger partial charge is 0.394 e. The number of aromatic nitrogens is 1. The van der Waals surface area contributed by atoms with E-state index in [0.717, 1.165) is 22.6 Å². The van der Waals surface area contributed by atoms with E-state index in [0.29, 0.717) is 6.42 Å². The molecule has 0 saturated carbocycles. The fraction of sp³-hybridized carbons (Fsp3) is 0.412. The van der Waals surface area contributed by atoms with Crippen molar-refractivity contribution in [3.63, 3.8) is 0 Å². The molecule has 124 valence electrons. The van der Waals surface area contributed by atoms with Crippen LogP contribution < -0.4 is 10.6 Å². The summed E-state index contributed by atoms with van der Waals surface area (Å²) in [6.07, 6.45) is 0.643. The summed E-state index contributed by atoms with van der Waals surface area (Å²) in [7, 11) is 0. The topological polar surface area (TPSA) is 87.4 Å². The first-order valence-electron chi connectivity index (χ1n) is 7.65. The highest BCUT2D eigenvalue weighted by Crippen LogP contribution is 2.15. The smallest absolute Gasteiger partial charge is 0.315 e. The molecular weight excluding hydrogens is 294 g/mol. The van der Waals surface area contributed by atoms with E-state index in [1.165, 1.54) is 0 Å². The SMILES string of the molecule is Cc1noc(C)c1CC(C)NC(=O)NC(CO)c1ccccc1. The first kappa shape index (κ1) is 17.0. The fourth-order valence-corrected chi connectivity index (χ4v) is 2.49. The summed E-state index contributed by atoms with van der Waals surface area (Å²) < 4.78 is 5.13. The summed E-state index contributed by atoms with van der Waals surface area (Å²) in [5.41, 5.74) is 2.72. The minimum atomic E-state index is -0.428. The van der Waals surface area contributed by atoms with Crippen LogP contribution in [-0.4, -0.2) is 28.9 Å². The maximum absolute atomic E-state index is 12.1. The quantitative estimate of drug-likeness (QED) is 0.762. The molecule has 0 radical (unpaired) electrons. The van der Waals surface area contributed by atoms with Crippen LogP contribution in [0.1, 0.15) is 35.5 Å². The zero-order chi connectivity index (χ0) is 16.8. The number of benzene rings is 1.